The SMILES string of the molecule is C=C1C(CC(=O)OCCCCCCCCCCCCCCCC)C1(F)F. The van der Waals surface area contributed by atoms with Crippen molar-refractivity contribution in [2.45, 2.75) is 109 Å². The number of ether oxygens (including phenoxy) is 1. The van der Waals surface area contributed by atoms with Gasteiger partial charge in [-0.15, -0.1) is 0 Å². The lowest BCUT2D eigenvalue weighted by Crippen LogP contribution is -2.08. The van der Waals surface area contributed by atoms with E-state index >= 15 is 0 Å². The molecule has 4 heteroatoms. The number of esters is 1. The first-order valence-corrected chi connectivity index (χ1v) is 10.7. The molecule has 1 atom stereocenters. The Morgan fingerprint density at radius 3 is 1.65 bits per heavy atom. The minimum absolute atomic E-state index is 0.133. The Hall–Kier alpha value is -0.930. The van der Waals surface area contributed by atoms with Crippen LogP contribution >= 0.6 is 0 Å². The van der Waals surface area contributed by atoms with Crippen LogP contribution in [0.2, 0.25) is 0 Å². The summed E-state index contributed by atoms with van der Waals surface area (Å²) in [6, 6.07) is 0. The van der Waals surface area contributed by atoms with Crippen LogP contribution < -0.4 is 0 Å². The summed E-state index contributed by atoms with van der Waals surface area (Å²) in [6.45, 7) is 5.87. The minimum atomic E-state index is -2.85. The van der Waals surface area contributed by atoms with Crippen molar-refractivity contribution in [2.24, 2.45) is 5.92 Å². The molecule has 152 valence electrons. The van der Waals surface area contributed by atoms with E-state index in [9.17, 15) is 13.6 Å². The standard InChI is InChI=1S/C22H38F2O2/c1-3-4-5-6-7-8-9-10-11-12-13-14-15-16-17-26-21(25)18-20-19(2)22(20,23)24/h20H,2-18H2,1H3. The molecule has 1 aliphatic carbocycles. The predicted molar refractivity (Wildman–Crippen MR) is 103 cm³/mol. The fraction of sp³-hybridized carbons (Fsp3) is 0.864. The Morgan fingerprint density at radius 2 is 1.27 bits per heavy atom. The second kappa shape index (κ2) is 13.3. The van der Waals surface area contributed by atoms with Crippen LogP contribution in [0.4, 0.5) is 8.78 Å². The van der Waals surface area contributed by atoms with Crippen LogP contribution in [0.1, 0.15) is 103 Å². The van der Waals surface area contributed by atoms with Gasteiger partial charge in [0.2, 0.25) is 0 Å². The molecule has 0 radical (unpaired) electrons. The smallest absolute Gasteiger partial charge is 0.306 e. The molecule has 0 N–H and O–H groups in total. The van der Waals surface area contributed by atoms with E-state index < -0.39 is 17.8 Å². The van der Waals surface area contributed by atoms with Crippen molar-refractivity contribution >= 4 is 5.97 Å². The Bertz CT molecular complexity index is 407. The monoisotopic (exact) mass is 372 g/mol. The fourth-order valence-electron chi connectivity index (χ4n) is 3.35. The second-order valence-corrected chi connectivity index (χ2v) is 7.72. The second-order valence-electron chi connectivity index (χ2n) is 7.72. The molecule has 1 fully saturated rings. The van der Waals surface area contributed by atoms with Gasteiger partial charge in [0.15, 0.2) is 0 Å². The number of rotatable bonds is 17. The number of unbranched alkanes of at least 4 members (excludes halogenated alkanes) is 13. The number of alkyl halides is 2. The van der Waals surface area contributed by atoms with Gasteiger partial charge in [-0.2, -0.15) is 0 Å². The van der Waals surface area contributed by atoms with Crippen molar-refractivity contribution in [1.82, 2.24) is 0 Å². The summed E-state index contributed by atoms with van der Waals surface area (Å²) in [7, 11) is 0. The normalized spacial score (nSPS) is 18.1. The van der Waals surface area contributed by atoms with E-state index in [-0.39, 0.29) is 12.0 Å². The highest BCUT2D eigenvalue weighted by molar-refractivity contribution is 5.72. The summed E-state index contributed by atoms with van der Waals surface area (Å²) in [6.07, 6.45) is 17.6. The maximum absolute atomic E-state index is 13.0. The highest BCUT2D eigenvalue weighted by Crippen LogP contribution is 2.55. The number of halogens is 2. The van der Waals surface area contributed by atoms with Crippen LogP contribution in [-0.4, -0.2) is 18.5 Å². The zero-order valence-electron chi connectivity index (χ0n) is 16.7. The van der Waals surface area contributed by atoms with Crippen molar-refractivity contribution in [3.05, 3.63) is 12.2 Å². The number of allylic oxidation sites excluding steroid dienone is 1. The van der Waals surface area contributed by atoms with E-state index in [2.05, 4.69) is 13.5 Å². The van der Waals surface area contributed by atoms with Gasteiger partial charge in [0, 0.05) is 5.57 Å². The molecule has 1 rings (SSSR count). The van der Waals surface area contributed by atoms with Crippen molar-refractivity contribution < 1.29 is 18.3 Å². The van der Waals surface area contributed by atoms with Crippen LogP contribution in [0.25, 0.3) is 0 Å². The molecule has 0 spiro atoms. The zero-order chi connectivity index (χ0) is 19.3. The third-order valence-electron chi connectivity index (χ3n) is 5.33. The van der Waals surface area contributed by atoms with Crippen molar-refractivity contribution in [3.8, 4) is 0 Å². The van der Waals surface area contributed by atoms with Gasteiger partial charge in [-0.25, -0.2) is 8.78 Å². The fourth-order valence-corrected chi connectivity index (χ4v) is 3.35. The third-order valence-corrected chi connectivity index (χ3v) is 5.33. The van der Waals surface area contributed by atoms with E-state index in [1.54, 1.807) is 0 Å². The first-order chi connectivity index (χ1) is 12.5. The van der Waals surface area contributed by atoms with E-state index in [1.165, 1.54) is 70.6 Å². The number of carbonyl (C=O) groups excluding carboxylic acids is 1. The molecule has 1 unspecified atom stereocenters. The topological polar surface area (TPSA) is 26.3 Å². The summed E-state index contributed by atoms with van der Waals surface area (Å²) in [5, 5.41) is 0. The summed E-state index contributed by atoms with van der Waals surface area (Å²) in [5.41, 5.74) is -0.133. The summed E-state index contributed by atoms with van der Waals surface area (Å²) < 4.78 is 31.0. The molecule has 0 bridgehead atoms. The molecule has 0 saturated heterocycles. The molecular formula is C22H38F2O2. The van der Waals surface area contributed by atoms with Crippen LogP contribution in [0, 0.1) is 5.92 Å². The number of carbonyl (C=O) groups is 1. The largest absolute Gasteiger partial charge is 0.466 e. The molecule has 0 heterocycles. The Morgan fingerprint density at radius 1 is 0.885 bits per heavy atom. The van der Waals surface area contributed by atoms with E-state index in [4.69, 9.17) is 4.74 Å². The van der Waals surface area contributed by atoms with E-state index in [1.807, 2.05) is 0 Å². The highest BCUT2D eigenvalue weighted by atomic mass is 19.3. The van der Waals surface area contributed by atoms with Gasteiger partial charge < -0.3 is 4.74 Å². The first kappa shape index (κ1) is 23.1. The predicted octanol–water partition coefficient (Wildman–Crippen LogP) is 7.22. The minimum Gasteiger partial charge on any atom is -0.466 e. The van der Waals surface area contributed by atoms with Crippen molar-refractivity contribution in [1.29, 1.82) is 0 Å². The van der Waals surface area contributed by atoms with Crippen LogP contribution in [0.15, 0.2) is 12.2 Å². The maximum Gasteiger partial charge on any atom is 0.306 e. The molecule has 26 heavy (non-hydrogen) atoms. The van der Waals surface area contributed by atoms with E-state index in [0.29, 0.717) is 6.61 Å². The molecule has 1 saturated carbocycles. The highest BCUT2D eigenvalue weighted by Gasteiger charge is 2.62. The van der Waals surface area contributed by atoms with Crippen LogP contribution in [0.5, 0.6) is 0 Å². The number of hydrogen-bond donors (Lipinski definition) is 0. The van der Waals surface area contributed by atoms with Gasteiger partial charge in [0.25, 0.3) is 5.92 Å². The van der Waals surface area contributed by atoms with Gasteiger partial charge in [-0.3, -0.25) is 4.79 Å². The molecule has 0 aromatic rings. The molecule has 2 nitrogen and oxygen atoms in total. The van der Waals surface area contributed by atoms with Gasteiger partial charge in [0.05, 0.1) is 18.9 Å². The summed E-state index contributed by atoms with van der Waals surface area (Å²) in [4.78, 5) is 11.5. The lowest BCUT2D eigenvalue weighted by atomic mass is 10.0. The molecule has 0 aromatic carbocycles. The van der Waals surface area contributed by atoms with Gasteiger partial charge in [-0.05, 0) is 6.42 Å². The lowest BCUT2D eigenvalue weighted by Gasteiger charge is -2.05. The van der Waals surface area contributed by atoms with Crippen LogP contribution in [0.3, 0.4) is 0 Å². The van der Waals surface area contributed by atoms with Gasteiger partial charge in [0.1, 0.15) is 0 Å². The summed E-state index contributed by atoms with van der Waals surface area (Å²) in [5.74, 6) is -4.37. The molecule has 0 aromatic heterocycles. The summed E-state index contributed by atoms with van der Waals surface area (Å²) >= 11 is 0. The van der Waals surface area contributed by atoms with E-state index in [0.717, 1.165) is 19.3 Å². The van der Waals surface area contributed by atoms with Crippen molar-refractivity contribution in [3.63, 3.8) is 0 Å². The Kier molecular flexibility index (Phi) is 11.8. The molecule has 0 amide bonds. The average Bonchev–Trinajstić information content (AvgIpc) is 3.08. The van der Waals surface area contributed by atoms with Gasteiger partial charge >= 0.3 is 5.97 Å². The van der Waals surface area contributed by atoms with Crippen molar-refractivity contribution in [2.75, 3.05) is 6.61 Å². The molecule has 1 aliphatic rings. The quantitative estimate of drug-likeness (QED) is 0.153. The average molecular weight is 373 g/mol. The number of hydrogen-bond acceptors (Lipinski definition) is 2. The Balaban J connectivity index is 1.76. The zero-order valence-corrected chi connectivity index (χ0v) is 16.7. The lowest BCUT2D eigenvalue weighted by molar-refractivity contribution is -0.144. The van der Waals surface area contributed by atoms with Crippen LogP contribution in [-0.2, 0) is 9.53 Å². The maximum atomic E-state index is 13.0. The van der Waals surface area contributed by atoms with Gasteiger partial charge in [-0.1, -0.05) is 97.0 Å². The third kappa shape index (κ3) is 9.68. The first-order valence-electron chi connectivity index (χ1n) is 10.7. The molecular weight excluding hydrogens is 334 g/mol. The Labute approximate surface area is 158 Å². The molecule has 0 aliphatic heterocycles.